The Labute approximate surface area is 129 Å². The van der Waals surface area contributed by atoms with E-state index in [-0.39, 0.29) is 0 Å². The molecule has 2 unspecified atom stereocenters. The lowest BCUT2D eigenvalue weighted by molar-refractivity contribution is 0.0383. The first-order valence-electron chi connectivity index (χ1n) is 8.84. The van der Waals surface area contributed by atoms with Gasteiger partial charge in [-0.25, -0.2) is 0 Å². The molecular weight excluding hydrogens is 256 g/mol. The average Bonchev–Trinajstić information content (AvgIpc) is 2.98. The molecular formula is C19H30N2. The van der Waals surface area contributed by atoms with Crippen molar-refractivity contribution in [1.29, 1.82) is 0 Å². The van der Waals surface area contributed by atoms with Crippen molar-refractivity contribution in [3.63, 3.8) is 0 Å². The van der Waals surface area contributed by atoms with Crippen LogP contribution >= 0.6 is 0 Å². The molecule has 1 heterocycles. The normalized spacial score (nSPS) is 27.0. The molecule has 116 valence electrons. The van der Waals surface area contributed by atoms with E-state index in [1.165, 1.54) is 57.2 Å². The van der Waals surface area contributed by atoms with Crippen LogP contribution in [0.1, 0.15) is 64.0 Å². The van der Waals surface area contributed by atoms with E-state index in [0.29, 0.717) is 17.6 Å². The molecule has 1 aromatic rings. The number of hydrogen-bond donors (Lipinski definition) is 1. The molecule has 0 bridgehead atoms. The van der Waals surface area contributed by atoms with Crippen molar-refractivity contribution in [3.05, 3.63) is 35.9 Å². The molecule has 1 aromatic carbocycles. The highest BCUT2D eigenvalue weighted by atomic mass is 15.3. The first-order chi connectivity index (χ1) is 10.3. The maximum atomic E-state index is 3.91. The zero-order chi connectivity index (χ0) is 14.7. The second-order valence-corrected chi connectivity index (χ2v) is 6.94. The maximum absolute atomic E-state index is 3.91. The van der Waals surface area contributed by atoms with Crippen molar-refractivity contribution in [2.24, 2.45) is 0 Å². The quantitative estimate of drug-likeness (QED) is 0.895. The van der Waals surface area contributed by atoms with E-state index in [0.717, 1.165) is 0 Å². The van der Waals surface area contributed by atoms with Crippen molar-refractivity contribution < 1.29 is 0 Å². The summed E-state index contributed by atoms with van der Waals surface area (Å²) in [6.45, 7) is 7.08. The van der Waals surface area contributed by atoms with Crippen molar-refractivity contribution in [3.8, 4) is 0 Å². The van der Waals surface area contributed by atoms with Crippen LogP contribution in [0.2, 0.25) is 0 Å². The number of hydrogen-bond acceptors (Lipinski definition) is 2. The number of benzene rings is 1. The highest BCUT2D eigenvalue weighted by molar-refractivity contribution is 5.20. The van der Waals surface area contributed by atoms with Crippen LogP contribution in [-0.2, 0) is 0 Å². The Kier molecular flexibility index (Phi) is 4.66. The van der Waals surface area contributed by atoms with E-state index in [1.54, 1.807) is 0 Å². The van der Waals surface area contributed by atoms with Crippen LogP contribution in [0.4, 0.5) is 0 Å². The van der Waals surface area contributed by atoms with E-state index < -0.39 is 0 Å². The SMILES string of the molecule is CCC1CNC2(CCCC2)CN1C(CC)c1ccccc1. The molecule has 2 fully saturated rings. The summed E-state index contributed by atoms with van der Waals surface area (Å²) >= 11 is 0. The highest BCUT2D eigenvalue weighted by Crippen LogP contribution is 2.37. The molecule has 1 saturated heterocycles. The largest absolute Gasteiger partial charge is 0.308 e. The summed E-state index contributed by atoms with van der Waals surface area (Å²) in [7, 11) is 0. The third kappa shape index (κ3) is 3.02. The zero-order valence-corrected chi connectivity index (χ0v) is 13.6. The summed E-state index contributed by atoms with van der Waals surface area (Å²) in [5, 5.41) is 3.91. The van der Waals surface area contributed by atoms with E-state index in [1.807, 2.05) is 0 Å². The topological polar surface area (TPSA) is 15.3 Å². The zero-order valence-electron chi connectivity index (χ0n) is 13.6. The van der Waals surface area contributed by atoms with Crippen LogP contribution in [-0.4, -0.2) is 29.6 Å². The van der Waals surface area contributed by atoms with Gasteiger partial charge in [-0.2, -0.15) is 0 Å². The van der Waals surface area contributed by atoms with Crippen LogP contribution in [0.3, 0.4) is 0 Å². The predicted molar refractivity (Wildman–Crippen MR) is 89.5 cm³/mol. The molecule has 0 radical (unpaired) electrons. The summed E-state index contributed by atoms with van der Waals surface area (Å²) < 4.78 is 0. The molecule has 0 amide bonds. The van der Waals surface area contributed by atoms with Gasteiger partial charge in [0.05, 0.1) is 0 Å². The third-order valence-corrected chi connectivity index (χ3v) is 5.67. The average molecular weight is 286 g/mol. The fourth-order valence-electron chi connectivity index (χ4n) is 4.45. The van der Waals surface area contributed by atoms with Gasteiger partial charge in [0.2, 0.25) is 0 Å². The van der Waals surface area contributed by atoms with Gasteiger partial charge in [-0.3, -0.25) is 4.90 Å². The number of piperazine rings is 1. The molecule has 1 aliphatic carbocycles. The Bertz CT molecular complexity index is 436. The van der Waals surface area contributed by atoms with E-state index in [4.69, 9.17) is 0 Å². The number of rotatable bonds is 4. The van der Waals surface area contributed by atoms with Crippen LogP contribution in [0, 0.1) is 0 Å². The van der Waals surface area contributed by atoms with Gasteiger partial charge >= 0.3 is 0 Å². The molecule has 2 heteroatoms. The van der Waals surface area contributed by atoms with Gasteiger partial charge in [0, 0.05) is 30.7 Å². The molecule has 2 atom stereocenters. The van der Waals surface area contributed by atoms with E-state index >= 15 is 0 Å². The van der Waals surface area contributed by atoms with Crippen LogP contribution in [0.5, 0.6) is 0 Å². The smallest absolute Gasteiger partial charge is 0.0349 e. The van der Waals surface area contributed by atoms with Gasteiger partial charge in [-0.1, -0.05) is 57.0 Å². The lowest BCUT2D eigenvalue weighted by Crippen LogP contribution is -2.63. The summed E-state index contributed by atoms with van der Waals surface area (Å²) in [4.78, 5) is 2.82. The second-order valence-electron chi connectivity index (χ2n) is 6.94. The Morgan fingerprint density at radius 2 is 1.90 bits per heavy atom. The molecule has 21 heavy (non-hydrogen) atoms. The monoisotopic (exact) mass is 286 g/mol. The van der Waals surface area contributed by atoms with Gasteiger partial charge in [-0.15, -0.1) is 0 Å². The standard InChI is InChI=1S/C19H30N2/c1-3-17-14-20-19(12-8-9-13-19)15-21(17)18(4-2)16-10-6-5-7-11-16/h5-7,10-11,17-18,20H,3-4,8-9,12-15H2,1-2H3. The van der Waals surface area contributed by atoms with Gasteiger partial charge < -0.3 is 5.32 Å². The molecule has 2 nitrogen and oxygen atoms in total. The molecule has 1 aliphatic heterocycles. The first kappa shape index (κ1) is 15.1. The predicted octanol–water partition coefficient (Wildman–Crippen LogP) is 4.13. The highest BCUT2D eigenvalue weighted by Gasteiger charge is 2.42. The van der Waals surface area contributed by atoms with Crippen molar-refractivity contribution >= 4 is 0 Å². The lowest BCUT2D eigenvalue weighted by atomic mass is 9.88. The van der Waals surface area contributed by atoms with Crippen LogP contribution < -0.4 is 5.32 Å². The summed E-state index contributed by atoms with van der Waals surface area (Å²) in [5.41, 5.74) is 1.90. The minimum Gasteiger partial charge on any atom is -0.308 e. The fraction of sp³-hybridized carbons (Fsp3) is 0.684. The number of nitrogens with zero attached hydrogens (tertiary/aromatic N) is 1. The van der Waals surface area contributed by atoms with Crippen LogP contribution in [0.25, 0.3) is 0 Å². The molecule has 0 aromatic heterocycles. The molecule has 2 aliphatic rings. The van der Waals surface area contributed by atoms with Crippen molar-refractivity contribution in [2.45, 2.75) is 70.0 Å². The molecule has 3 rings (SSSR count). The minimum absolute atomic E-state index is 0.411. The van der Waals surface area contributed by atoms with Gasteiger partial charge in [0.1, 0.15) is 0 Å². The Balaban J connectivity index is 1.84. The van der Waals surface area contributed by atoms with Crippen molar-refractivity contribution in [1.82, 2.24) is 10.2 Å². The second kappa shape index (κ2) is 6.50. The summed E-state index contributed by atoms with van der Waals surface area (Å²) in [6, 6.07) is 12.4. The van der Waals surface area contributed by atoms with Crippen molar-refractivity contribution in [2.75, 3.05) is 13.1 Å². The van der Waals surface area contributed by atoms with Gasteiger partial charge in [0.25, 0.3) is 0 Å². The lowest BCUT2D eigenvalue weighted by Gasteiger charge is -2.49. The Hall–Kier alpha value is -0.860. The van der Waals surface area contributed by atoms with E-state index in [9.17, 15) is 0 Å². The summed E-state index contributed by atoms with van der Waals surface area (Å²) in [6.07, 6.45) is 7.98. The number of nitrogens with one attached hydrogen (secondary N) is 1. The fourth-order valence-corrected chi connectivity index (χ4v) is 4.45. The molecule has 1 saturated carbocycles. The first-order valence-corrected chi connectivity index (χ1v) is 8.84. The molecule has 1 N–H and O–H groups in total. The van der Waals surface area contributed by atoms with Gasteiger partial charge in [-0.05, 0) is 31.2 Å². The van der Waals surface area contributed by atoms with Crippen LogP contribution in [0.15, 0.2) is 30.3 Å². The van der Waals surface area contributed by atoms with E-state index in [2.05, 4.69) is 54.4 Å². The summed E-state index contributed by atoms with van der Waals surface area (Å²) in [5.74, 6) is 0. The minimum atomic E-state index is 0.411. The Morgan fingerprint density at radius 3 is 2.52 bits per heavy atom. The Morgan fingerprint density at radius 1 is 1.19 bits per heavy atom. The maximum Gasteiger partial charge on any atom is 0.0349 e. The third-order valence-electron chi connectivity index (χ3n) is 5.67. The molecule has 1 spiro atoms. The van der Waals surface area contributed by atoms with Gasteiger partial charge in [0.15, 0.2) is 0 Å².